The molecule has 10 heteroatoms. The number of benzene rings is 2. The Labute approximate surface area is 214 Å². The summed E-state index contributed by atoms with van der Waals surface area (Å²) in [5, 5.41) is 13.2. The van der Waals surface area contributed by atoms with E-state index in [1.54, 1.807) is 37.3 Å². The average molecular weight is 567 g/mol. The number of aliphatic carboxylic acids is 1. The number of halogens is 4. The predicted molar refractivity (Wildman–Crippen MR) is 135 cm³/mol. The Hall–Kier alpha value is -2.78. The van der Waals surface area contributed by atoms with Crippen LogP contribution in [0.5, 0.6) is 0 Å². The highest BCUT2D eigenvalue weighted by Crippen LogP contribution is 2.36. The molecule has 0 aliphatic carbocycles. The van der Waals surface area contributed by atoms with Crippen LogP contribution in [0.3, 0.4) is 0 Å². The minimum Gasteiger partial charge on any atom is -0.481 e. The minimum absolute atomic E-state index is 0.0801. The number of carboxylic acid groups (broad SMARTS) is 1. The molecule has 1 amide bonds. The summed E-state index contributed by atoms with van der Waals surface area (Å²) in [4.78, 5) is 30.7. The number of carboxylic acids is 1. The summed E-state index contributed by atoms with van der Waals surface area (Å²) < 4.78 is 27.9. The average Bonchev–Trinajstić information content (AvgIpc) is 2.77. The molecule has 1 fully saturated rings. The summed E-state index contributed by atoms with van der Waals surface area (Å²) >= 11 is 9.77. The monoisotopic (exact) mass is 565 g/mol. The Morgan fingerprint density at radius 3 is 2.63 bits per heavy atom. The van der Waals surface area contributed by atoms with Crippen LogP contribution in [0.25, 0.3) is 10.9 Å². The second-order valence-electron chi connectivity index (χ2n) is 8.67. The van der Waals surface area contributed by atoms with Crippen molar-refractivity contribution in [1.82, 2.24) is 10.3 Å². The van der Waals surface area contributed by atoms with Crippen LogP contribution in [0.15, 0.2) is 46.9 Å². The van der Waals surface area contributed by atoms with Crippen LogP contribution in [0.1, 0.15) is 40.2 Å². The summed E-state index contributed by atoms with van der Waals surface area (Å²) in [6, 6.07) is 12.4. The smallest absolute Gasteiger partial charge is 0.303 e. The number of alkyl halides is 2. The third kappa shape index (κ3) is 5.56. The summed E-state index contributed by atoms with van der Waals surface area (Å²) in [5.74, 6) is -4.08. The van der Waals surface area contributed by atoms with Crippen molar-refractivity contribution in [1.29, 1.82) is 0 Å². The second-order valence-corrected chi connectivity index (χ2v) is 9.99. The largest absolute Gasteiger partial charge is 0.481 e. The molecular formula is C25H23BrClF2N3O3. The lowest BCUT2D eigenvalue weighted by molar-refractivity contribution is -0.137. The molecule has 1 unspecified atom stereocenters. The van der Waals surface area contributed by atoms with Gasteiger partial charge in [0.2, 0.25) is 0 Å². The zero-order chi connectivity index (χ0) is 25.3. The molecule has 2 N–H and O–H groups in total. The van der Waals surface area contributed by atoms with E-state index in [2.05, 4.69) is 26.2 Å². The number of hydrogen-bond acceptors (Lipinski definition) is 4. The molecule has 3 aromatic rings. The van der Waals surface area contributed by atoms with Crippen LogP contribution in [-0.2, 0) is 4.79 Å². The number of rotatable bonds is 8. The van der Waals surface area contributed by atoms with E-state index in [0.717, 1.165) is 10.0 Å². The third-order valence-electron chi connectivity index (χ3n) is 6.10. The van der Waals surface area contributed by atoms with Crippen molar-refractivity contribution in [3.05, 3.63) is 68.7 Å². The highest BCUT2D eigenvalue weighted by molar-refractivity contribution is 9.10. The fourth-order valence-electron chi connectivity index (χ4n) is 4.36. The Kier molecular flexibility index (Phi) is 7.28. The fraction of sp³-hybridized carbons (Fsp3) is 0.320. The van der Waals surface area contributed by atoms with Crippen LogP contribution in [0.2, 0.25) is 5.02 Å². The highest BCUT2D eigenvalue weighted by atomic mass is 79.9. The number of fused-ring (bicyclic) bond motifs is 1. The maximum Gasteiger partial charge on any atom is 0.303 e. The van der Waals surface area contributed by atoms with Gasteiger partial charge in [0.15, 0.2) is 0 Å². The number of anilines is 1. The van der Waals surface area contributed by atoms with E-state index < -0.39 is 30.9 Å². The summed E-state index contributed by atoms with van der Waals surface area (Å²) in [5.41, 5.74) is 2.11. The van der Waals surface area contributed by atoms with Gasteiger partial charge in [-0.25, -0.2) is 13.8 Å². The lowest BCUT2D eigenvalue weighted by Gasteiger charge is -2.40. The standard InChI is InChI=1S/C25H23BrClF2N3O3/c1-14-22(18-10-16(26)7-8-20(18)31-23(14)32-12-25(28,29)13-32)24(35)30-11-15(6-9-21(33)34)17-4-2-3-5-19(17)27/h2-5,7-8,10,15H,6,9,11-13H2,1H3,(H,30,35)(H,33,34). The fourth-order valence-corrected chi connectivity index (χ4v) is 5.01. The summed E-state index contributed by atoms with van der Waals surface area (Å²) in [6.45, 7) is 0.954. The van der Waals surface area contributed by atoms with Crippen molar-refractivity contribution < 1.29 is 23.5 Å². The summed E-state index contributed by atoms with van der Waals surface area (Å²) in [7, 11) is 0. The third-order valence-corrected chi connectivity index (χ3v) is 6.93. The van der Waals surface area contributed by atoms with E-state index in [4.69, 9.17) is 11.6 Å². The number of nitrogens with zero attached hydrogens (tertiary/aromatic N) is 2. The van der Waals surface area contributed by atoms with Gasteiger partial charge < -0.3 is 15.3 Å². The first-order chi connectivity index (χ1) is 16.6. The minimum atomic E-state index is -2.78. The van der Waals surface area contributed by atoms with Gasteiger partial charge in [0, 0.05) is 39.3 Å². The zero-order valence-corrected chi connectivity index (χ0v) is 21.2. The van der Waals surface area contributed by atoms with Crippen molar-refractivity contribution >= 4 is 56.1 Å². The van der Waals surface area contributed by atoms with E-state index in [-0.39, 0.29) is 25.3 Å². The number of aromatic nitrogens is 1. The highest BCUT2D eigenvalue weighted by Gasteiger charge is 2.45. The molecule has 4 rings (SSSR count). The molecule has 6 nitrogen and oxygen atoms in total. The van der Waals surface area contributed by atoms with Gasteiger partial charge >= 0.3 is 5.97 Å². The maximum atomic E-state index is 13.6. The molecule has 0 saturated carbocycles. The van der Waals surface area contributed by atoms with Crippen molar-refractivity contribution in [2.75, 3.05) is 24.5 Å². The van der Waals surface area contributed by atoms with Crippen LogP contribution in [0.4, 0.5) is 14.6 Å². The van der Waals surface area contributed by atoms with Crippen molar-refractivity contribution in [3.63, 3.8) is 0 Å². The van der Waals surface area contributed by atoms with Gasteiger partial charge in [0.05, 0.1) is 24.2 Å². The van der Waals surface area contributed by atoms with Gasteiger partial charge in [-0.2, -0.15) is 0 Å². The first kappa shape index (κ1) is 25.3. The van der Waals surface area contributed by atoms with E-state index in [0.29, 0.717) is 32.9 Å². The van der Waals surface area contributed by atoms with Gasteiger partial charge in [0.25, 0.3) is 11.8 Å². The summed E-state index contributed by atoms with van der Waals surface area (Å²) in [6.07, 6.45) is 0.207. The molecule has 1 aliphatic rings. The van der Waals surface area contributed by atoms with Crippen molar-refractivity contribution in [2.45, 2.75) is 31.6 Å². The molecule has 2 heterocycles. The van der Waals surface area contributed by atoms with E-state index >= 15 is 0 Å². The van der Waals surface area contributed by atoms with Crippen LogP contribution in [0, 0.1) is 6.92 Å². The van der Waals surface area contributed by atoms with Crippen LogP contribution >= 0.6 is 27.5 Å². The SMILES string of the molecule is Cc1c(N2CC(F)(F)C2)nc2ccc(Br)cc2c1C(=O)NCC(CCC(=O)O)c1ccccc1Cl. The Balaban J connectivity index is 1.66. The van der Waals surface area contributed by atoms with Gasteiger partial charge in [-0.15, -0.1) is 0 Å². The molecular weight excluding hydrogens is 544 g/mol. The maximum absolute atomic E-state index is 13.6. The first-order valence-electron chi connectivity index (χ1n) is 11.0. The van der Waals surface area contributed by atoms with Crippen LogP contribution < -0.4 is 10.2 Å². The number of nitrogens with one attached hydrogen (secondary N) is 1. The van der Waals surface area contributed by atoms with E-state index in [9.17, 15) is 23.5 Å². The van der Waals surface area contributed by atoms with E-state index in [1.807, 2.05) is 12.1 Å². The number of pyridine rings is 1. The lowest BCUT2D eigenvalue weighted by Crippen LogP contribution is -2.57. The number of carbonyl (C=O) groups is 2. The molecule has 0 bridgehead atoms. The topological polar surface area (TPSA) is 82.5 Å². The Morgan fingerprint density at radius 2 is 1.97 bits per heavy atom. The molecule has 184 valence electrons. The molecule has 1 atom stereocenters. The van der Waals surface area contributed by atoms with Crippen LogP contribution in [-0.4, -0.2) is 47.5 Å². The Morgan fingerprint density at radius 1 is 1.26 bits per heavy atom. The predicted octanol–water partition coefficient (Wildman–Crippen LogP) is 5.79. The zero-order valence-electron chi connectivity index (χ0n) is 18.8. The first-order valence-corrected chi connectivity index (χ1v) is 12.2. The number of carbonyl (C=O) groups excluding carboxylic acids is 1. The lowest BCUT2D eigenvalue weighted by atomic mass is 9.93. The Bertz CT molecular complexity index is 1300. The van der Waals surface area contributed by atoms with E-state index in [1.165, 1.54) is 4.90 Å². The quantitative estimate of drug-likeness (QED) is 0.361. The number of amides is 1. The molecule has 1 aromatic heterocycles. The molecule has 1 aliphatic heterocycles. The molecule has 0 spiro atoms. The molecule has 35 heavy (non-hydrogen) atoms. The molecule has 2 aromatic carbocycles. The van der Waals surface area contributed by atoms with Gasteiger partial charge in [-0.05, 0) is 43.2 Å². The second kappa shape index (κ2) is 10.1. The van der Waals surface area contributed by atoms with Gasteiger partial charge in [-0.1, -0.05) is 45.7 Å². The van der Waals surface area contributed by atoms with Gasteiger partial charge in [-0.3, -0.25) is 9.59 Å². The molecule has 0 radical (unpaired) electrons. The number of hydrogen-bond donors (Lipinski definition) is 2. The van der Waals surface area contributed by atoms with Crippen molar-refractivity contribution in [2.24, 2.45) is 0 Å². The molecule has 1 saturated heterocycles. The van der Waals surface area contributed by atoms with Gasteiger partial charge in [0.1, 0.15) is 5.82 Å². The normalized spacial score (nSPS) is 15.5. The van der Waals surface area contributed by atoms with Crippen molar-refractivity contribution in [3.8, 4) is 0 Å².